The number of hydrogen-bond acceptors (Lipinski definition) is 5. The number of aryl methyl sites for hydroxylation is 2. The van der Waals surface area contributed by atoms with E-state index in [0.717, 1.165) is 26.9 Å². The van der Waals surface area contributed by atoms with E-state index in [1.165, 1.54) is 0 Å². The van der Waals surface area contributed by atoms with E-state index in [1.807, 2.05) is 26.0 Å². The third-order valence-corrected chi connectivity index (χ3v) is 6.16. The Hall–Kier alpha value is -1.51. The molecule has 0 aliphatic carbocycles. The number of nitrogens with zero attached hydrogens (tertiary/aromatic N) is 3. The van der Waals surface area contributed by atoms with Gasteiger partial charge in [0.15, 0.2) is 5.82 Å². The zero-order valence-electron chi connectivity index (χ0n) is 13.9. The molecule has 3 aromatic rings. The Labute approximate surface area is 176 Å². The highest BCUT2D eigenvalue weighted by molar-refractivity contribution is 9.11. The summed E-state index contributed by atoms with van der Waals surface area (Å²) in [6.07, 6.45) is 1.63. The maximum absolute atomic E-state index is 9.79. The van der Waals surface area contributed by atoms with Crippen LogP contribution in [0.3, 0.4) is 0 Å². The van der Waals surface area contributed by atoms with Crippen LogP contribution in [0.15, 0.2) is 43.9 Å². The Kier molecular flexibility index (Phi) is 5.94. The molecule has 1 N–H and O–H groups in total. The first-order valence-electron chi connectivity index (χ1n) is 7.61. The smallest absolute Gasteiger partial charge is 0.188 e. The third kappa shape index (κ3) is 4.24. The van der Waals surface area contributed by atoms with Gasteiger partial charge >= 0.3 is 0 Å². The molecule has 5 nitrogen and oxygen atoms in total. The number of phenolic OH excluding ortho intramolecular Hbond substituents is 1. The van der Waals surface area contributed by atoms with Gasteiger partial charge in [-0.25, -0.2) is 4.98 Å². The second-order valence-electron chi connectivity index (χ2n) is 5.71. The van der Waals surface area contributed by atoms with Gasteiger partial charge < -0.3 is 9.84 Å². The molecule has 0 amide bonds. The van der Waals surface area contributed by atoms with Crippen LogP contribution in [0.1, 0.15) is 17.0 Å². The average molecular weight is 544 g/mol. The fourth-order valence-corrected chi connectivity index (χ4v) is 3.76. The molecule has 8 heteroatoms. The van der Waals surface area contributed by atoms with Crippen molar-refractivity contribution in [1.82, 2.24) is 15.2 Å². The summed E-state index contributed by atoms with van der Waals surface area (Å²) in [5.74, 6) is 1.39. The SMILES string of the molecule is Cc1cc(OCc2ncc(-c3cc(Br)c(O)c(Br)c3)nn2)cc(C)c1Br. The molecule has 0 aliphatic rings. The van der Waals surface area contributed by atoms with Crippen LogP contribution in [0.25, 0.3) is 11.3 Å². The first kappa shape index (κ1) is 19.3. The maximum atomic E-state index is 9.79. The lowest BCUT2D eigenvalue weighted by atomic mass is 10.1. The van der Waals surface area contributed by atoms with Crippen molar-refractivity contribution in [3.05, 3.63) is 60.8 Å². The van der Waals surface area contributed by atoms with Gasteiger partial charge in [0, 0.05) is 10.0 Å². The number of rotatable bonds is 4. The molecule has 0 fully saturated rings. The summed E-state index contributed by atoms with van der Waals surface area (Å²) >= 11 is 10.1. The van der Waals surface area contributed by atoms with Crippen molar-refractivity contribution in [3.63, 3.8) is 0 Å². The minimum Gasteiger partial charge on any atom is -0.506 e. The van der Waals surface area contributed by atoms with E-state index in [1.54, 1.807) is 18.3 Å². The topological polar surface area (TPSA) is 68.1 Å². The van der Waals surface area contributed by atoms with Crippen molar-refractivity contribution in [2.24, 2.45) is 0 Å². The number of aromatic hydroxyl groups is 1. The Morgan fingerprint density at radius 2 is 1.58 bits per heavy atom. The van der Waals surface area contributed by atoms with Crippen LogP contribution in [-0.4, -0.2) is 20.3 Å². The monoisotopic (exact) mass is 541 g/mol. The molecule has 1 aromatic heterocycles. The van der Waals surface area contributed by atoms with E-state index in [2.05, 4.69) is 63.0 Å². The van der Waals surface area contributed by atoms with E-state index in [-0.39, 0.29) is 12.4 Å². The lowest BCUT2D eigenvalue weighted by molar-refractivity contribution is 0.293. The summed E-state index contributed by atoms with van der Waals surface area (Å²) in [5.41, 5.74) is 3.61. The van der Waals surface area contributed by atoms with Gasteiger partial charge in [-0.2, -0.15) is 0 Å². The summed E-state index contributed by atoms with van der Waals surface area (Å²) < 4.78 is 7.99. The fraction of sp³-hybridized carbons (Fsp3) is 0.167. The molecular formula is C18H14Br3N3O2. The van der Waals surface area contributed by atoms with Gasteiger partial charge in [-0.3, -0.25) is 0 Å². The van der Waals surface area contributed by atoms with E-state index in [0.29, 0.717) is 20.5 Å². The van der Waals surface area contributed by atoms with Crippen LogP contribution < -0.4 is 4.74 Å². The molecule has 0 unspecified atom stereocenters. The van der Waals surface area contributed by atoms with Gasteiger partial charge in [0.05, 0.1) is 15.1 Å². The van der Waals surface area contributed by atoms with E-state index in [9.17, 15) is 5.11 Å². The van der Waals surface area contributed by atoms with Crippen LogP contribution in [0.2, 0.25) is 0 Å². The first-order chi connectivity index (χ1) is 12.3. The fourth-order valence-electron chi connectivity index (χ4n) is 2.35. The minimum atomic E-state index is 0.139. The molecule has 0 radical (unpaired) electrons. The summed E-state index contributed by atoms with van der Waals surface area (Å²) in [6, 6.07) is 7.44. The highest BCUT2D eigenvalue weighted by Gasteiger charge is 2.10. The van der Waals surface area contributed by atoms with Crippen LogP contribution in [0.5, 0.6) is 11.5 Å². The molecule has 0 atom stereocenters. The zero-order chi connectivity index (χ0) is 18.8. The number of phenols is 1. The van der Waals surface area contributed by atoms with Crippen molar-refractivity contribution >= 4 is 47.8 Å². The number of aromatic nitrogens is 3. The van der Waals surface area contributed by atoms with Gasteiger partial charge in [-0.05, 0) is 81.1 Å². The molecule has 2 aromatic carbocycles. The summed E-state index contributed by atoms with van der Waals surface area (Å²) in [5, 5.41) is 18.1. The van der Waals surface area contributed by atoms with E-state index in [4.69, 9.17) is 4.74 Å². The van der Waals surface area contributed by atoms with Crippen molar-refractivity contribution in [2.75, 3.05) is 0 Å². The summed E-state index contributed by atoms with van der Waals surface area (Å²) in [7, 11) is 0. The number of benzene rings is 2. The van der Waals surface area contributed by atoms with Gasteiger partial charge in [-0.1, -0.05) is 15.9 Å². The predicted octanol–water partition coefficient (Wildman–Crippen LogP) is 5.73. The maximum Gasteiger partial charge on any atom is 0.188 e. The van der Waals surface area contributed by atoms with Crippen LogP contribution >= 0.6 is 47.8 Å². The van der Waals surface area contributed by atoms with E-state index >= 15 is 0 Å². The molecule has 0 saturated carbocycles. The molecule has 0 aliphatic heterocycles. The predicted molar refractivity (Wildman–Crippen MR) is 110 cm³/mol. The van der Waals surface area contributed by atoms with Gasteiger partial charge in [0.2, 0.25) is 0 Å². The standard InChI is InChI=1S/C18H14Br3N3O2/c1-9-3-12(4-10(2)17(9)21)26-8-16-22-7-15(23-24-16)11-5-13(19)18(25)14(20)6-11/h3-7,25H,8H2,1-2H3. The normalized spacial score (nSPS) is 10.8. The molecule has 134 valence electrons. The van der Waals surface area contributed by atoms with E-state index < -0.39 is 0 Å². The lowest BCUT2D eigenvalue weighted by Gasteiger charge is -2.09. The largest absolute Gasteiger partial charge is 0.506 e. The Morgan fingerprint density at radius 1 is 0.962 bits per heavy atom. The number of halogens is 3. The molecular weight excluding hydrogens is 530 g/mol. The van der Waals surface area contributed by atoms with Crippen molar-refractivity contribution in [1.29, 1.82) is 0 Å². The Balaban J connectivity index is 1.74. The molecule has 1 heterocycles. The molecule has 0 spiro atoms. The number of ether oxygens (including phenoxy) is 1. The molecule has 0 saturated heterocycles. The van der Waals surface area contributed by atoms with Gasteiger partial charge in [0.1, 0.15) is 23.8 Å². The number of hydrogen-bond donors (Lipinski definition) is 1. The third-order valence-electron chi connectivity index (χ3n) is 3.70. The summed E-state index contributed by atoms with van der Waals surface area (Å²) in [6.45, 7) is 4.27. The van der Waals surface area contributed by atoms with Crippen LogP contribution in [0.4, 0.5) is 0 Å². The quantitative estimate of drug-likeness (QED) is 0.455. The van der Waals surface area contributed by atoms with Gasteiger partial charge in [-0.15, -0.1) is 10.2 Å². The second kappa shape index (κ2) is 8.02. The summed E-state index contributed by atoms with van der Waals surface area (Å²) in [4.78, 5) is 4.31. The van der Waals surface area contributed by atoms with Crippen molar-refractivity contribution in [3.8, 4) is 22.8 Å². The zero-order valence-corrected chi connectivity index (χ0v) is 18.7. The Bertz CT molecular complexity index is 916. The van der Waals surface area contributed by atoms with Crippen molar-refractivity contribution < 1.29 is 9.84 Å². The highest BCUT2D eigenvalue weighted by Crippen LogP contribution is 2.36. The minimum absolute atomic E-state index is 0.139. The average Bonchev–Trinajstić information content (AvgIpc) is 2.62. The second-order valence-corrected chi connectivity index (χ2v) is 8.21. The molecule has 26 heavy (non-hydrogen) atoms. The molecule has 0 bridgehead atoms. The Morgan fingerprint density at radius 3 is 2.12 bits per heavy atom. The highest BCUT2D eigenvalue weighted by atomic mass is 79.9. The molecule has 3 rings (SSSR count). The van der Waals surface area contributed by atoms with Gasteiger partial charge in [0.25, 0.3) is 0 Å². The van der Waals surface area contributed by atoms with Crippen LogP contribution in [0, 0.1) is 13.8 Å². The first-order valence-corrected chi connectivity index (χ1v) is 9.99. The van der Waals surface area contributed by atoms with Crippen LogP contribution in [-0.2, 0) is 6.61 Å². The van der Waals surface area contributed by atoms with Crippen molar-refractivity contribution in [2.45, 2.75) is 20.5 Å². The lowest BCUT2D eigenvalue weighted by Crippen LogP contribution is -2.04.